The molecule has 0 N–H and O–H groups in total. The van der Waals surface area contributed by atoms with Gasteiger partial charge in [0.05, 0.1) is 0 Å². The lowest BCUT2D eigenvalue weighted by atomic mass is 10.2. The second kappa shape index (κ2) is 5.29. The highest BCUT2D eigenvalue weighted by atomic mass is 79.9. The summed E-state index contributed by atoms with van der Waals surface area (Å²) < 4.78 is 5.85. The van der Waals surface area contributed by atoms with Crippen LogP contribution in [-0.4, -0.2) is 15.1 Å². The summed E-state index contributed by atoms with van der Waals surface area (Å²) in [5.41, 5.74) is 0.697. The van der Waals surface area contributed by atoms with Crippen LogP contribution in [0.2, 0.25) is 0 Å². The molecular weight excluding hydrogens is 320 g/mol. The summed E-state index contributed by atoms with van der Waals surface area (Å²) >= 11 is 6.33. The van der Waals surface area contributed by atoms with Crippen molar-refractivity contribution in [2.24, 2.45) is 0 Å². The number of ketones is 1. The summed E-state index contributed by atoms with van der Waals surface area (Å²) in [6.45, 7) is 3.43. The smallest absolute Gasteiger partial charge is 0.174 e. The molecule has 0 saturated heterocycles. The number of hydrogen-bond donors (Lipinski definition) is 0. The van der Waals surface area contributed by atoms with Crippen LogP contribution in [0.1, 0.15) is 23.1 Å². The lowest BCUT2D eigenvalue weighted by Gasteiger charge is -2.02. The van der Waals surface area contributed by atoms with Crippen molar-refractivity contribution in [1.82, 2.24) is 9.36 Å². The number of carbonyl (C=O) groups excluding carboxylic acids is 1. The molecule has 0 aliphatic carbocycles. The first kappa shape index (κ1) is 12.7. The van der Waals surface area contributed by atoms with Crippen LogP contribution in [0.25, 0.3) is 0 Å². The minimum Gasteiger partial charge on any atom is -0.294 e. The highest BCUT2D eigenvalue weighted by molar-refractivity contribution is 9.10. The second-order valence-electron chi connectivity index (χ2n) is 3.41. The molecule has 0 radical (unpaired) electrons. The third-order valence-corrected chi connectivity index (χ3v) is 4.52. The van der Waals surface area contributed by atoms with Gasteiger partial charge in [0, 0.05) is 14.9 Å². The third kappa shape index (κ3) is 3.14. The largest absolute Gasteiger partial charge is 0.294 e. The van der Waals surface area contributed by atoms with Gasteiger partial charge in [-0.05, 0) is 43.6 Å². The zero-order chi connectivity index (χ0) is 12.4. The molecule has 0 unspecified atom stereocenters. The Morgan fingerprint density at radius 2 is 2.24 bits per heavy atom. The molecule has 0 aliphatic heterocycles. The molecule has 88 valence electrons. The van der Waals surface area contributed by atoms with E-state index in [1.54, 1.807) is 18.7 Å². The van der Waals surface area contributed by atoms with Gasteiger partial charge in [0.15, 0.2) is 10.1 Å². The predicted molar refractivity (Wildman–Crippen MR) is 72.9 cm³/mol. The molecular formula is C11H9BrN2OS2. The van der Waals surface area contributed by atoms with Crippen molar-refractivity contribution in [3.8, 4) is 0 Å². The number of aromatic nitrogens is 2. The highest BCUT2D eigenvalue weighted by Crippen LogP contribution is 2.31. The van der Waals surface area contributed by atoms with Gasteiger partial charge in [-0.25, -0.2) is 4.98 Å². The van der Waals surface area contributed by atoms with Crippen molar-refractivity contribution in [3.05, 3.63) is 34.1 Å². The maximum atomic E-state index is 11.3. The number of benzene rings is 1. The SMILES string of the molecule is CC(=O)c1ccc(Sc2nc(C)ns2)cc1Br. The lowest BCUT2D eigenvalue weighted by Crippen LogP contribution is -1.93. The fourth-order valence-corrected chi connectivity index (χ4v) is 3.74. The van der Waals surface area contributed by atoms with Crippen LogP contribution in [0.5, 0.6) is 0 Å². The van der Waals surface area contributed by atoms with Crippen LogP contribution in [0.3, 0.4) is 0 Å². The monoisotopic (exact) mass is 328 g/mol. The Balaban J connectivity index is 2.23. The molecule has 0 spiro atoms. The first-order valence-electron chi connectivity index (χ1n) is 4.85. The van der Waals surface area contributed by atoms with Gasteiger partial charge in [0.1, 0.15) is 5.82 Å². The highest BCUT2D eigenvalue weighted by Gasteiger charge is 2.08. The summed E-state index contributed by atoms with van der Waals surface area (Å²) in [5.74, 6) is 0.845. The number of nitrogens with zero attached hydrogens (tertiary/aromatic N) is 2. The normalized spacial score (nSPS) is 10.5. The van der Waals surface area contributed by atoms with Crippen LogP contribution in [-0.2, 0) is 0 Å². The fraction of sp³-hybridized carbons (Fsp3) is 0.182. The summed E-state index contributed by atoms with van der Waals surface area (Å²) in [5, 5.41) is 0. The number of halogens is 1. The first-order valence-corrected chi connectivity index (χ1v) is 7.23. The summed E-state index contributed by atoms with van der Waals surface area (Å²) in [6, 6.07) is 5.67. The Hall–Kier alpha value is -0.720. The predicted octanol–water partition coefficient (Wildman–Crippen LogP) is 3.96. The maximum absolute atomic E-state index is 11.3. The van der Waals surface area contributed by atoms with Gasteiger partial charge in [-0.3, -0.25) is 4.79 Å². The van der Waals surface area contributed by atoms with Crippen molar-refractivity contribution in [1.29, 1.82) is 0 Å². The number of hydrogen-bond acceptors (Lipinski definition) is 5. The van der Waals surface area contributed by atoms with E-state index in [0.717, 1.165) is 19.5 Å². The van der Waals surface area contributed by atoms with Gasteiger partial charge in [-0.15, -0.1) is 0 Å². The molecule has 0 saturated carbocycles. The molecule has 0 fully saturated rings. The molecule has 1 aromatic carbocycles. The van der Waals surface area contributed by atoms with Gasteiger partial charge in [-0.2, -0.15) is 4.37 Å². The van der Waals surface area contributed by atoms with Crippen molar-refractivity contribution in [3.63, 3.8) is 0 Å². The first-order chi connectivity index (χ1) is 8.06. The van der Waals surface area contributed by atoms with E-state index in [0.29, 0.717) is 5.56 Å². The molecule has 0 bridgehead atoms. The van der Waals surface area contributed by atoms with E-state index in [1.807, 2.05) is 25.1 Å². The van der Waals surface area contributed by atoms with Gasteiger partial charge < -0.3 is 0 Å². The Morgan fingerprint density at radius 1 is 1.47 bits per heavy atom. The van der Waals surface area contributed by atoms with E-state index in [1.165, 1.54) is 11.5 Å². The van der Waals surface area contributed by atoms with E-state index >= 15 is 0 Å². The molecule has 3 nitrogen and oxygen atoms in total. The van der Waals surface area contributed by atoms with Gasteiger partial charge >= 0.3 is 0 Å². The van der Waals surface area contributed by atoms with Crippen LogP contribution < -0.4 is 0 Å². The summed E-state index contributed by atoms with van der Waals surface area (Å²) in [7, 11) is 0. The van der Waals surface area contributed by atoms with Crippen molar-refractivity contribution >= 4 is 45.0 Å². The summed E-state index contributed by atoms with van der Waals surface area (Å²) in [6.07, 6.45) is 0. The van der Waals surface area contributed by atoms with E-state index in [2.05, 4.69) is 25.3 Å². The van der Waals surface area contributed by atoms with Crippen molar-refractivity contribution in [2.45, 2.75) is 23.1 Å². The number of rotatable bonds is 3. The van der Waals surface area contributed by atoms with Gasteiger partial charge in [0.25, 0.3) is 0 Å². The lowest BCUT2D eigenvalue weighted by molar-refractivity contribution is 0.101. The Bertz CT molecular complexity index is 568. The quantitative estimate of drug-likeness (QED) is 0.800. The average Bonchev–Trinajstić information content (AvgIpc) is 2.63. The minimum absolute atomic E-state index is 0.0557. The zero-order valence-corrected chi connectivity index (χ0v) is 12.4. The molecule has 6 heteroatoms. The standard InChI is InChI=1S/C11H9BrN2OS2/c1-6(15)9-4-3-8(5-10(9)12)16-11-13-7(2)14-17-11/h3-5H,1-2H3. The van der Waals surface area contributed by atoms with Crippen LogP contribution in [0, 0.1) is 6.92 Å². The van der Waals surface area contributed by atoms with Crippen LogP contribution >= 0.6 is 39.2 Å². The van der Waals surface area contributed by atoms with E-state index in [-0.39, 0.29) is 5.78 Å². The molecule has 0 aliphatic rings. The second-order valence-corrected chi connectivity index (χ2v) is 6.33. The van der Waals surface area contributed by atoms with Crippen molar-refractivity contribution in [2.75, 3.05) is 0 Å². The van der Waals surface area contributed by atoms with Crippen LogP contribution in [0.15, 0.2) is 31.9 Å². The molecule has 0 atom stereocenters. The van der Waals surface area contributed by atoms with Crippen molar-refractivity contribution < 1.29 is 4.79 Å². The number of Topliss-reactive ketones (excluding diaryl/α,β-unsaturated/α-hetero) is 1. The zero-order valence-electron chi connectivity index (χ0n) is 9.23. The molecule has 0 amide bonds. The Morgan fingerprint density at radius 3 is 2.76 bits per heavy atom. The molecule has 2 rings (SSSR count). The molecule has 1 heterocycles. The summed E-state index contributed by atoms with van der Waals surface area (Å²) in [4.78, 5) is 16.6. The number of carbonyl (C=O) groups is 1. The third-order valence-electron chi connectivity index (χ3n) is 2.03. The minimum atomic E-state index is 0.0557. The Labute approximate surface area is 116 Å². The van der Waals surface area contributed by atoms with Gasteiger partial charge in [-0.1, -0.05) is 27.7 Å². The number of aryl methyl sites for hydroxylation is 1. The van der Waals surface area contributed by atoms with E-state index in [4.69, 9.17) is 0 Å². The van der Waals surface area contributed by atoms with Crippen LogP contribution in [0.4, 0.5) is 0 Å². The molecule has 17 heavy (non-hydrogen) atoms. The average molecular weight is 329 g/mol. The molecule has 1 aromatic heterocycles. The van der Waals surface area contributed by atoms with Gasteiger partial charge in [0.2, 0.25) is 0 Å². The molecule has 2 aromatic rings. The Kier molecular flexibility index (Phi) is 3.96. The topological polar surface area (TPSA) is 42.9 Å². The van der Waals surface area contributed by atoms with E-state index < -0.39 is 0 Å². The van der Waals surface area contributed by atoms with E-state index in [9.17, 15) is 4.79 Å². The fourth-order valence-electron chi connectivity index (χ4n) is 1.27. The maximum Gasteiger partial charge on any atom is 0.174 e.